The Labute approximate surface area is 739 Å². The van der Waals surface area contributed by atoms with Crippen LogP contribution in [-0.2, 0) is 4.79 Å². The van der Waals surface area contributed by atoms with E-state index in [1.807, 2.05) is 0 Å². The molecule has 0 radical (unpaired) electrons. The number of nitrogens with two attached hydrogens (primary N) is 1. The average Bonchev–Trinajstić information content (AvgIpc) is 1.72. The zero-order valence-corrected chi connectivity index (χ0v) is 79.6. The van der Waals surface area contributed by atoms with Crippen molar-refractivity contribution in [3.05, 3.63) is 0 Å². The Hall–Kier alpha value is -0.970. The van der Waals surface area contributed by atoms with Crippen LogP contribution in [0.4, 0.5) is 0 Å². The van der Waals surface area contributed by atoms with Gasteiger partial charge in [-0.1, -0.05) is 177 Å². The lowest BCUT2D eigenvalue weighted by atomic mass is 9.81. The summed E-state index contributed by atoms with van der Waals surface area (Å²) >= 11 is 0. The van der Waals surface area contributed by atoms with Gasteiger partial charge in [-0.05, 0) is 267 Å². The fourth-order valence-electron chi connectivity index (χ4n) is 18.5. The Morgan fingerprint density at radius 3 is 1.03 bits per heavy atom. The van der Waals surface area contributed by atoms with Gasteiger partial charge in [0.05, 0.1) is 18.7 Å². The second-order valence-electron chi connectivity index (χ2n) is 41.7. The summed E-state index contributed by atoms with van der Waals surface area (Å²) in [7, 11) is 8.65. The molecule has 0 bridgehead atoms. The van der Waals surface area contributed by atoms with Crippen LogP contribution >= 0.6 is 0 Å². The number of aliphatic hydroxyl groups is 2. The molecular formula is C100H228N14O3. The molecular weight excluding hydrogens is 1450 g/mol. The molecule has 8 saturated heterocycles. The highest BCUT2D eigenvalue weighted by atomic mass is 16.3. The number of ketones is 1. The summed E-state index contributed by atoms with van der Waals surface area (Å²) in [5.41, 5.74) is 6.71. The molecule has 0 aromatic rings. The Balaban J connectivity index is -0.000000192. The number of nitrogens with one attached hydrogen (secondary N) is 4. The van der Waals surface area contributed by atoms with E-state index in [0.29, 0.717) is 109 Å². The summed E-state index contributed by atoms with van der Waals surface area (Å²) in [4.78, 5) is 33.9. The predicted molar refractivity (Wildman–Crippen MR) is 531 cm³/mol. The van der Waals surface area contributed by atoms with Gasteiger partial charge in [0.25, 0.3) is 0 Å². The van der Waals surface area contributed by atoms with E-state index in [1.54, 1.807) is 0 Å². The first kappa shape index (κ1) is 132. The van der Waals surface area contributed by atoms with E-state index in [0.717, 1.165) is 104 Å². The second kappa shape index (κ2) is 66.4. The van der Waals surface area contributed by atoms with Crippen molar-refractivity contribution in [2.45, 2.75) is 436 Å². The zero-order valence-electron chi connectivity index (χ0n) is 79.6. The van der Waals surface area contributed by atoms with E-state index in [-0.39, 0.29) is 77.6 Å². The van der Waals surface area contributed by atoms with Crippen LogP contribution in [0.25, 0.3) is 0 Å². The summed E-state index contributed by atoms with van der Waals surface area (Å²) in [5, 5.41) is 32.7. The highest BCUT2D eigenvalue weighted by Crippen LogP contribution is 2.37. The third-order valence-electron chi connectivity index (χ3n) is 24.9. The molecule has 8 aliphatic heterocycles. The lowest BCUT2D eigenvalue weighted by molar-refractivity contribution is -0.118. The maximum Gasteiger partial charge on any atom is 0.164 e. The third-order valence-corrected chi connectivity index (χ3v) is 24.9. The largest absolute Gasteiger partial charge is 0.396 e. The van der Waals surface area contributed by atoms with Crippen LogP contribution < -0.4 is 27.0 Å². The average molecular weight is 1680 g/mol. The number of nitrogens with zero attached hydrogens (tertiary/aromatic N) is 9. The predicted octanol–water partition coefficient (Wildman–Crippen LogP) is 19.2. The smallest absolute Gasteiger partial charge is 0.164 e. The Morgan fingerprint density at radius 1 is 0.385 bits per heavy atom. The van der Waals surface area contributed by atoms with Gasteiger partial charge in [0.1, 0.15) is 0 Å². The van der Waals surface area contributed by atoms with Gasteiger partial charge >= 0.3 is 0 Å². The molecule has 117 heavy (non-hydrogen) atoms. The monoisotopic (exact) mass is 1670 g/mol. The first-order valence-corrected chi connectivity index (χ1v) is 45.5. The van der Waals surface area contributed by atoms with Crippen LogP contribution in [0.3, 0.4) is 0 Å². The third kappa shape index (κ3) is 51.4. The van der Waals surface area contributed by atoms with E-state index >= 15 is 0 Å². The molecule has 0 amide bonds. The van der Waals surface area contributed by atoms with Crippen LogP contribution in [0, 0.1) is 76.4 Å². The quantitative estimate of drug-likeness (QED) is 0.0396. The summed E-state index contributed by atoms with van der Waals surface area (Å²) in [6.45, 7) is 93.0. The number of hydrogen-bond donors (Lipinski definition) is 7. The van der Waals surface area contributed by atoms with Crippen LogP contribution in [-0.4, -0.2) is 302 Å². The summed E-state index contributed by atoms with van der Waals surface area (Å²) in [6, 6.07) is 8.85. The lowest BCUT2D eigenvalue weighted by Crippen LogP contribution is -2.43. The second-order valence-corrected chi connectivity index (χ2v) is 41.7. The Morgan fingerprint density at radius 2 is 0.701 bits per heavy atom. The molecule has 8 heterocycles. The number of rotatable bonds is 28. The molecule has 8 fully saturated rings. The van der Waals surface area contributed by atoms with Gasteiger partial charge in [0.2, 0.25) is 0 Å². The number of likely N-dealkylation sites (N-methyl/N-ethyl adjacent to an activating group) is 3. The van der Waals surface area contributed by atoms with Crippen molar-refractivity contribution in [1.29, 1.82) is 0 Å². The van der Waals surface area contributed by atoms with E-state index in [2.05, 4.69) is 322 Å². The molecule has 0 unspecified atom stereocenters. The Kier molecular flexibility index (Phi) is 74.7. The minimum Gasteiger partial charge on any atom is -0.396 e. The SMILES string of the molecule is C.C.C.C.C.C.C.C.CC(C)C[C@H]1CN(C(C)C)C[C@H]1CO.CC(C)C[C@H]1CN(C(C)C)C[C@H]1N.CC(C)C[C@H]1CN(C(C)C)C[C@H]1N(C)C.CC(C)C[C@]1(C)CCN(C(C)C)C1.CC(C)N[C@H]1CN(C(C)C)CC1=O.CC(C)N[C@H]1CN(C(C)C)C[C@H]1O.CN[C@@H]1CN(C(C)C)C[C@@H]1CC(C)C.CN[C@H]1CN(C(C)C)C[C@@H]1CC(C)C. The van der Waals surface area contributed by atoms with Crippen molar-refractivity contribution >= 4 is 5.78 Å². The van der Waals surface area contributed by atoms with Gasteiger partial charge in [0, 0.05) is 189 Å². The van der Waals surface area contributed by atoms with E-state index in [1.165, 1.54) is 110 Å². The fraction of sp³-hybridized carbons (Fsp3) is 0.990. The van der Waals surface area contributed by atoms with E-state index in [9.17, 15) is 15.0 Å². The van der Waals surface area contributed by atoms with E-state index < -0.39 is 0 Å². The lowest BCUT2D eigenvalue weighted by Gasteiger charge is -2.28. The zero-order chi connectivity index (χ0) is 83.8. The standard InChI is InChI=1S/C13H28N2.2C12H26N2.C12H25NO.C12H25N.C11H24N2.C10H22N2O.C10H20N2O.8CH4/c1-10(2)7-12-8-15(11(3)4)9-13(12)14(5)6;2*1-9(2)6-11-7-14(10(3)4)8-12(11)13-5;1-9(2)5-11-6-13(10(3)4)7-12(11)8-14;1-10(2)8-12(5)6-7-13(9-12)11(3)4;1-8(2)5-10-6-13(9(3)4)7-11(10)12;2*1-7(2)11-9-5-12(8(3)4)6-10(9)13;;;;;;;;/h10-13H,7-9H2,1-6H3;2*9-13H,6-8H2,1-5H3;9-12,14H,5-8H2,1-4H3;10-11H,6-9H2,1-5H3;8-11H,5-7,12H2,1-4H3;7-11,13H,5-6H2,1-4H3;7-9,11H,5-6H2,1-4H3;8*1H4/t12-,13+;11-,12+;2*11-,12-;12-;10-,11+;9-,10+;9-;;;;;;;;/m00000000......../s1. The number of Topliss-reactive ketones (excluding diaryl/α,β-unsaturated/α-hetero) is 1. The molecule has 716 valence electrons. The highest BCUT2D eigenvalue weighted by molar-refractivity contribution is 5.88. The van der Waals surface area contributed by atoms with Crippen molar-refractivity contribution in [3.8, 4) is 0 Å². The van der Waals surface area contributed by atoms with Crippen LogP contribution in [0.2, 0.25) is 0 Å². The van der Waals surface area contributed by atoms with Crippen molar-refractivity contribution in [2.75, 3.05) is 140 Å². The Bertz CT molecular complexity index is 2150. The summed E-state index contributed by atoms with van der Waals surface area (Å²) in [5.74, 6) is 9.69. The van der Waals surface area contributed by atoms with Gasteiger partial charge in [-0.25, -0.2) is 0 Å². The molecule has 8 rings (SSSR count). The van der Waals surface area contributed by atoms with Crippen molar-refractivity contribution in [2.24, 2.45) is 82.2 Å². The summed E-state index contributed by atoms with van der Waals surface area (Å²) < 4.78 is 0. The topological polar surface area (TPSA) is 161 Å². The van der Waals surface area contributed by atoms with E-state index in [4.69, 9.17) is 5.73 Å². The number of aliphatic hydroxyl groups excluding tert-OH is 2. The molecule has 0 aromatic heterocycles. The number of hydrogen-bond acceptors (Lipinski definition) is 17. The minimum absolute atomic E-state index is 0. The molecule has 0 saturated carbocycles. The minimum atomic E-state index is -0.204. The van der Waals surface area contributed by atoms with Gasteiger partial charge in [0.15, 0.2) is 5.78 Å². The molecule has 0 spiro atoms. The van der Waals surface area contributed by atoms with Gasteiger partial charge in [-0.15, -0.1) is 0 Å². The summed E-state index contributed by atoms with van der Waals surface area (Å²) in [6.07, 6.45) is 9.19. The van der Waals surface area contributed by atoms with Crippen molar-refractivity contribution in [1.82, 2.24) is 65.4 Å². The van der Waals surface area contributed by atoms with Crippen molar-refractivity contribution < 1.29 is 15.0 Å². The van der Waals surface area contributed by atoms with Crippen molar-refractivity contribution in [3.63, 3.8) is 0 Å². The number of β-amino-alcohol motifs (C(OH)–C–C–N with tert-alkyl or cyclic N) is 1. The van der Waals surface area contributed by atoms with Gasteiger partial charge in [-0.3, -0.25) is 34.2 Å². The molecule has 8 aliphatic rings. The number of carbonyl (C=O) groups excluding carboxylic acids is 1. The molecule has 0 aromatic carbocycles. The molecule has 17 nitrogen and oxygen atoms in total. The number of likely N-dealkylation sites (tertiary alicyclic amines) is 8. The maximum atomic E-state index is 11.5. The van der Waals surface area contributed by atoms with Gasteiger partial charge in [-0.2, -0.15) is 0 Å². The van der Waals surface area contributed by atoms with Crippen LogP contribution in [0.15, 0.2) is 0 Å². The highest BCUT2D eigenvalue weighted by Gasteiger charge is 2.40. The fourth-order valence-corrected chi connectivity index (χ4v) is 18.5. The molecule has 8 N–H and O–H groups in total. The normalized spacial score (nSPS) is 27.2. The molecule has 14 atom stereocenters. The van der Waals surface area contributed by atoms with Gasteiger partial charge < -0.3 is 51.9 Å². The molecule has 17 heteroatoms. The first-order chi connectivity index (χ1) is 50.5. The van der Waals surface area contributed by atoms with Crippen LogP contribution in [0.5, 0.6) is 0 Å². The van der Waals surface area contributed by atoms with Crippen LogP contribution in [0.1, 0.15) is 333 Å². The molecule has 0 aliphatic carbocycles. The first-order valence-electron chi connectivity index (χ1n) is 45.5. The maximum absolute atomic E-state index is 11.5. The number of carbonyl (C=O) groups is 1.